The number of ether oxygens (including phenoxy) is 2. The Kier molecular flexibility index (Phi) is 5.54. The van der Waals surface area contributed by atoms with Crippen LogP contribution in [-0.4, -0.2) is 22.8 Å². The van der Waals surface area contributed by atoms with Crippen LogP contribution in [0, 0.1) is 15.9 Å². The summed E-state index contributed by atoms with van der Waals surface area (Å²) >= 11 is 0. The van der Waals surface area contributed by atoms with E-state index >= 15 is 0 Å². The molecule has 0 aliphatic carbocycles. The summed E-state index contributed by atoms with van der Waals surface area (Å²) in [7, 11) is 0. The van der Waals surface area contributed by atoms with Crippen molar-refractivity contribution in [2.24, 2.45) is 4.99 Å². The first-order valence-electron chi connectivity index (χ1n) is 9.24. The average Bonchev–Trinajstić information content (AvgIpc) is 3.15. The first-order chi connectivity index (χ1) is 15.4. The van der Waals surface area contributed by atoms with Gasteiger partial charge in [-0.3, -0.25) is 10.1 Å². The van der Waals surface area contributed by atoms with Crippen molar-refractivity contribution in [1.82, 2.24) is 0 Å². The van der Waals surface area contributed by atoms with Crippen LogP contribution in [0.5, 0.6) is 5.75 Å². The van der Waals surface area contributed by atoms with Crippen LogP contribution in [0.3, 0.4) is 0 Å². The molecule has 1 aliphatic heterocycles. The zero-order valence-electron chi connectivity index (χ0n) is 16.2. The Balaban J connectivity index is 1.46. The van der Waals surface area contributed by atoms with E-state index < -0.39 is 22.7 Å². The minimum atomic E-state index is -0.672. The molecular formula is C23H13FN2O6. The number of hydrogen-bond acceptors (Lipinski definition) is 7. The molecule has 0 bridgehead atoms. The van der Waals surface area contributed by atoms with Crippen LogP contribution >= 0.6 is 0 Å². The van der Waals surface area contributed by atoms with Crippen molar-refractivity contribution in [3.05, 3.63) is 111 Å². The number of cyclic esters (lactones) is 1. The fraction of sp³-hybridized carbons (Fsp3) is 0. The van der Waals surface area contributed by atoms with Gasteiger partial charge in [0.1, 0.15) is 11.6 Å². The summed E-state index contributed by atoms with van der Waals surface area (Å²) in [6.45, 7) is 0. The smallest absolute Gasteiger partial charge is 0.363 e. The van der Waals surface area contributed by atoms with Gasteiger partial charge < -0.3 is 9.47 Å². The third-order valence-corrected chi connectivity index (χ3v) is 4.40. The van der Waals surface area contributed by atoms with Crippen LogP contribution in [0.25, 0.3) is 6.08 Å². The SMILES string of the molecule is O=C1OC(c2cccc(F)c2)=NC1=Cc1ccc(OC(=O)c2ccc([N+](=O)[O-])cc2)cc1. The van der Waals surface area contributed by atoms with Gasteiger partial charge in [-0.05, 0) is 54.1 Å². The molecule has 4 rings (SSSR count). The van der Waals surface area contributed by atoms with Crippen LogP contribution < -0.4 is 4.74 Å². The number of carbonyl (C=O) groups is 2. The molecule has 0 atom stereocenters. The second-order valence-electron chi connectivity index (χ2n) is 6.61. The number of halogens is 1. The standard InChI is InChI=1S/C23H13FN2O6/c24-17-3-1-2-16(13-17)21-25-20(23(28)32-21)12-14-4-10-19(11-5-14)31-22(27)15-6-8-18(9-7-15)26(29)30/h1-13H. The lowest BCUT2D eigenvalue weighted by molar-refractivity contribution is -0.384. The monoisotopic (exact) mass is 432 g/mol. The van der Waals surface area contributed by atoms with Gasteiger partial charge in [0.25, 0.3) is 5.69 Å². The summed E-state index contributed by atoms with van der Waals surface area (Å²) in [4.78, 5) is 38.5. The normalized spacial score (nSPS) is 14.1. The maximum Gasteiger partial charge on any atom is 0.363 e. The largest absolute Gasteiger partial charge is 0.423 e. The zero-order chi connectivity index (χ0) is 22.7. The van der Waals surface area contributed by atoms with Crippen molar-refractivity contribution >= 4 is 29.6 Å². The molecule has 0 N–H and O–H groups in total. The van der Waals surface area contributed by atoms with Gasteiger partial charge in [0, 0.05) is 17.7 Å². The highest BCUT2D eigenvalue weighted by Gasteiger charge is 2.24. The maximum atomic E-state index is 13.4. The Labute approximate surface area is 180 Å². The average molecular weight is 432 g/mol. The summed E-state index contributed by atoms with van der Waals surface area (Å²) in [6.07, 6.45) is 1.48. The number of benzene rings is 3. The van der Waals surface area contributed by atoms with Gasteiger partial charge in [0.05, 0.1) is 10.5 Å². The number of non-ortho nitro benzene ring substituents is 1. The van der Waals surface area contributed by atoms with E-state index in [0.29, 0.717) is 11.1 Å². The van der Waals surface area contributed by atoms with Crippen LogP contribution in [0.4, 0.5) is 10.1 Å². The second kappa shape index (κ2) is 8.60. The Morgan fingerprint density at radius 3 is 2.44 bits per heavy atom. The first-order valence-corrected chi connectivity index (χ1v) is 9.24. The molecule has 1 aliphatic rings. The Hall–Kier alpha value is -4.66. The van der Waals surface area contributed by atoms with E-state index in [0.717, 1.165) is 0 Å². The fourth-order valence-corrected chi connectivity index (χ4v) is 2.83. The molecule has 9 heteroatoms. The molecule has 0 spiro atoms. The molecule has 3 aromatic carbocycles. The summed E-state index contributed by atoms with van der Waals surface area (Å²) in [5.41, 5.74) is 1.01. The Morgan fingerprint density at radius 1 is 1.06 bits per heavy atom. The van der Waals surface area contributed by atoms with Gasteiger partial charge >= 0.3 is 11.9 Å². The van der Waals surface area contributed by atoms with Gasteiger partial charge in [-0.25, -0.2) is 19.0 Å². The summed E-state index contributed by atoms with van der Waals surface area (Å²) < 4.78 is 23.7. The van der Waals surface area contributed by atoms with Crippen LogP contribution in [0.2, 0.25) is 0 Å². The van der Waals surface area contributed by atoms with Crippen molar-refractivity contribution in [2.75, 3.05) is 0 Å². The Bertz CT molecular complexity index is 1280. The summed E-state index contributed by atoms with van der Waals surface area (Å²) in [5, 5.41) is 10.7. The minimum absolute atomic E-state index is 0.00870. The number of carbonyl (C=O) groups excluding carboxylic acids is 2. The highest BCUT2D eigenvalue weighted by molar-refractivity contribution is 6.12. The van der Waals surface area contributed by atoms with Crippen LogP contribution in [0.1, 0.15) is 21.5 Å². The molecule has 0 amide bonds. The zero-order valence-corrected chi connectivity index (χ0v) is 16.2. The van der Waals surface area contributed by atoms with Gasteiger partial charge in [-0.1, -0.05) is 18.2 Å². The number of nitro benzene ring substituents is 1. The highest BCUT2D eigenvalue weighted by Crippen LogP contribution is 2.22. The molecule has 0 radical (unpaired) electrons. The van der Waals surface area contributed by atoms with E-state index in [1.54, 1.807) is 18.2 Å². The molecule has 158 valence electrons. The molecular weight excluding hydrogens is 419 g/mol. The van der Waals surface area contributed by atoms with E-state index in [4.69, 9.17) is 9.47 Å². The number of rotatable bonds is 5. The van der Waals surface area contributed by atoms with E-state index in [1.807, 2.05) is 0 Å². The van der Waals surface area contributed by atoms with Crippen molar-refractivity contribution in [1.29, 1.82) is 0 Å². The van der Waals surface area contributed by atoms with Crippen molar-refractivity contribution in [3.63, 3.8) is 0 Å². The molecule has 8 nitrogen and oxygen atoms in total. The predicted octanol–water partition coefficient (Wildman–Crippen LogP) is 4.30. The second-order valence-corrected chi connectivity index (χ2v) is 6.61. The molecule has 0 aromatic heterocycles. The molecule has 0 saturated carbocycles. The number of aliphatic imine (C=N–C) groups is 1. The quantitative estimate of drug-likeness (QED) is 0.196. The minimum Gasteiger partial charge on any atom is -0.423 e. The van der Waals surface area contributed by atoms with E-state index in [1.165, 1.54) is 60.7 Å². The van der Waals surface area contributed by atoms with Gasteiger partial charge in [0.15, 0.2) is 5.70 Å². The lowest BCUT2D eigenvalue weighted by Gasteiger charge is -2.04. The molecule has 0 saturated heterocycles. The molecule has 1 heterocycles. The summed E-state index contributed by atoms with van der Waals surface area (Å²) in [6, 6.07) is 16.8. The topological polar surface area (TPSA) is 108 Å². The van der Waals surface area contributed by atoms with Crippen LogP contribution in [0.15, 0.2) is 83.5 Å². The third-order valence-electron chi connectivity index (χ3n) is 4.40. The van der Waals surface area contributed by atoms with Crippen molar-refractivity contribution in [3.8, 4) is 5.75 Å². The predicted molar refractivity (Wildman–Crippen MR) is 112 cm³/mol. The molecule has 32 heavy (non-hydrogen) atoms. The maximum absolute atomic E-state index is 13.4. The number of nitrogens with zero attached hydrogens (tertiary/aromatic N) is 2. The first kappa shape index (κ1) is 20.6. The van der Waals surface area contributed by atoms with E-state index in [9.17, 15) is 24.1 Å². The van der Waals surface area contributed by atoms with Gasteiger partial charge in [-0.2, -0.15) is 0 Å². The Morgan fingerprint density at radius 2 is 1.78 bits per heavy atom. The molecule has 3 aromatic rings. The van der Waals surface area contributed by atoms with Gasteiger partial charge in [-0.15, -0.1) is 0 Å². The van der Waals surface area contributed by atoms with Crippen molar-refractivity contribution in [2.45, 2.75) is 0 Å². The summed E-state index contributed by atoms with van der Waals surface area (Å²) in [5.74, 6) is -1.56. The van der Waals surface area contributed by atoms with E-state index in [-0.39, 0.29) is 28.6 Å². The third kappa shape index (κ3) is 4.57. The van der Waals surface area contributed by atoms with Gasteiger partial charge in [0.2, 0.25) is 5.90 Å². The fourth-order valence-electron chi connectivity index (χ4n) is 2.83. The number of nitro groups is 1. The van der Waals surface area contributed by atoms with Crippen LogP contribution in [-0.2, 0) is 9.53 Å². The highest BCUT2D eigenvalue weighted by atomic mass is 19.1. The van der Waals surface area contributed by atoms with E-state index in [2.05, 4.69) is 4.99 Å². The number of hydrogen-bond donors (Lipinski definition) is 0. The molecule has 0 fully saturated rings. The lowest BCUT2D eigenvalue weighted by atomic mass is 10.2. The molecule has 0 unspecified atom stereocenters. The van der Waals surface area contributed by atoms with Crippen molar-refractivity contribution < 1.29 is 28.4 Å². The lowest BCUT2D eigenvalue weighted by Crippen LogP contribution is -2.08. The number of esters is 2.